The molecule has 1 atom stereocenters. The molecule has 0 saturated heterocycles. The number of nitrogens with one attached hydrogen (secondary N) is 1. The van der Waals surface area contributed by atoms with Gasteiger partial charge in [-0.15, -0.1) is 0 Å². The molecule has 164 valence electrons. The Balaban J connectivity index is 1.86. The first-order chi connectivity index (χ1) is 15.5. The van der Waals surface area contributed by atoms with E-state index >= 15 is 0 Å². The molecule has 2 aromatic heterocycles. The van der Waals surface area contributed by atoms with E-state index in [0.29, 0.717) is 13.0 Å². The number of carbonyl (C=O) groups is 1. The lowest BCUT2D eigenvalue weighted by Gasteiger charge is -2.17. The van der Waals surface area contributed by atoms with Crippen molar-refractivity contribution in [3.8, 4) is 6.19 Å². The first-order valence-electron chi connectivity index (χ1n) is 10.9. The van der Waals surface area contributed by atoms with Crippen LogP contribution in [0.4, 0.5) is 0 Å². The second-order valence-corrected chi connectivity index (χ2v) is 8.27. The summed E-state index contributed by atoms with van der Waals surface area (Å²) in [5.74, 6) is -0.376. The average molecular weight is 430 g/mol. The molecule has 0 fully saturated rings. The highest BCUT2D eigenvalue weighted by Crippen LogP contribution is 2.27. The second kappa shape index (κ2) is 8.75. The number of para-hydroxylation sites is 2. The van der Waals surface area contributed by atoms with Crippen molar-refractivity contribution in [1.82, 2.24) is 19.0 Å². The quantitative estimate of drug-likeness (QED) is 0.356. The molecule has 0 saturated carbocycles. The maximum Gasteiger partial charge on any atom is 0.329 e. The molecule has 7 heteroatoms. The third-order valence-corrected chi connectivity index (χ3v) is 6.10. The van der Waals surface area contributed by atoms with Gasteiger partial charge in [0.15, 0.2) is 6.19 Å². The summed E-state index contributed by atoms with van der Waals surface area (Å²) in [5.41, 5.74) is 4.89. The van der Waals surface area contributed by atoms with E-state index in [2.05, 4.69) is 35.1 Å². The molecule has 4 rings (SSSR count). The number of nitriles is 1. The zero-order valence-electron chi connectivity index (χ0n) is 18.6. The van der Waals surface area contributed by atoms with Crippen LogP contribution in [0.5, 0.6) is 0 Å². The highest BCUT2D eigenvalue weighted by molar-refractivity contribution is 5.87. The SMILES string of the molecule is CCC[C@@H](CC(=O)NC#N)n1c(=O)n(Cc2cn(C)c3cccc(C)c23)c2ccccc21. The van der Waals surface area contributed by atoms with Crippen molar-refractivity contribution in [3.05, 3.63) is 70.3 Å². The number of hydrogen-bond acceptors (Lipinski definition) is 3. The van der Waals surface area contributed by atoms with E-state index in [1.165, 1.54) is 5.56 Å². The van der Waals surface area contributed by atoms with E-state index in [0.717, 1.165) is 33.9 Å². The number of fused-ring (bicyclic) bond motifs is 2. The summed E-state index contributed by atoms with van der Waals surface area (Å²) in [5, 5.41) is 12.2. The minimum absolute atomic E-state index is 0.0860. The topological polar surface area (TPSA) is 84.8 Å². The van der Waals surface area contributed by atoms with E-state index in [9.17, 15) is 9.59 Å². The smallest absolute Gasteiger partial charge is 0.329 e. The van der Waals surface area contributed by atoms with E-state index in [1.807, 2.05) is 44.3 Å². The summed E-state index contributed by atoms with van der Waals surface area (Å²) >= 11 is 0. The van der Waals surface area contributed by atoms with E-state index in [1.54, 1.807) is 15.3 Å². The Bertz CT molecular complexity index is 1400. The Hall–Kier alpha value is -3.79. The summed E-state index contributed by atoms with van der Waals surface area (Å²) in [4.78, 5) is 25.9. The molecular formula is C25H27N5O2. The summed E-state index contributed by atoms with van der Waals surface area (Å²) in [7, 11) is 2.02. The van der Waals surface area contributed by atoms with E-state index in [4.69, 9.17) is 5.26 Å². The molecule has 0 spiro atoms. The molecule has 0 radical (unpaired) electrons. The predicted molar refractivity (Wildman–Crippen MR) is 125 cm³/mol. The number of imidazole rings is 1. The number of rotatable bonds is 7. The lowest BCUT2D eigenvalue weighted by molar-refractivity contribution is -0.120. The largest absolute Gasteiger partial charge is 0.350 e. The van der Waals surface area contributed by atoms with Crippen molar-refractivity contribution >= 4 is 27.8 Å². The normalized spacial score (nSPS) is 12.2. The molecule has 1 amide bonds. The van der Waals surface area contributed by atoms with Crippen molar-refractivity contribution in [1.29, 1.82) is 5.26 Å². The van der Waals surface area contributed by atoms with Crippen LogP contribution in [0.25, 0.3) is 21.9 Å². The predicted octanol–water partition coefficient (Wildman–Crippen LogP) is 3.98. The molecule has 0 aliphatic heterocycles. The number of hydrogen-bond donors (Lipinski definition) is 1. The Morgan fingerprint density at radius 2 is 1.84 bits per heavy atom. The lowest BCUT2D eigenvalue weighted by atomic mass is 10.1. The summed E-state index contributed by atoms with van der Waals surface area (Å²) in [6.07, 6.45) is 5.34. The fraction of sp³-hybridized carbons (Fsp3) is 0.320. The molecular weight excluding hydrogens is 402 g/mol. The average Bonchev–Trinajstić information content (AvgIpc) is 3.23. The third-order valence-electron chi connectivity index (χ3n) is 6.10. The Morgan fingerprint density at radius 3 is 2.56 bits per heavy atom. The number of aromatic nitrogens is 3. The summed E-state index contributed by atoms with van der Waals surface area (Å²) in [6.45, 7) is 4.55. The van der Waals surface area contributed by atoms with Gasteiger partial charge in [-0.3, -0.25) is 19.2 Å². The van der Waals surface area contributed by atoms with Gasteiger partial charge in [0.1, 0.15) is 0 Å². The second-order valence-electron chi connectivity index (χ2n) is 8.27. The van der Waals surface area contributed by atoms with Crippen LogP contribution in [-0.4, -0.2) is 19.6 Å². The van der Waals surface area contributed by atoms with Gasteiger partial charge in [0.25, 0.3) is 0 Å². The van der Waals surface area contributed by atoms with E-state index < -0.39 is 0 Å². The van der Waals surface area contributed by atoms with Crippen LogP contribution in [0, 0.1) is 18.4 Å². The summed E-state index contributed by atoms with van der Waals surface area (Å²) < 4.78 is 5.61. The van der Waals surface area contributed by atoms with Crippen molar-refractivity contribution in [3.63, 3.8) is 0 Å². The van der Waals surface area contributed by atoms with Gasteiger partial charge in [0.2, 0.25) is 5.91 Å². The van der Waals surface area contributed by atoms with Gasteiger partial charge in [0, 0.05) is 36.6 Å². The molecule has 0 aliphatic rings. The van der Waals surface area contributed by atoms with Crippen molar-refractivity contribution < 1.29 is 4.79 Å². The van der Waals surface area contributed by atoms with Crippen LogP contribution in [0.2, 0.25) is 0 Å². The number of aryl methyl sites for hydroxylation is 2. The van der Waals surface area contributed by atoms with Gasteiger partial charge in [-0.1, -0.05) is 37.6 Å². The molecule has 32 heavy (non-hydrogen) atoms. The molecule has 0 unspecified atom stereocenters. The molecule has 2 heterocycles. The molecule has 4 aromatic rings. The van der Waals surface area contributed by atoms with Gasteiger partial charge >= 0.3 is 5.69 Å². The minimum atomic E-state index is -0.376. The lowest BCUT2D eigenvalue weighted by Crippen LogP contribution is -2.31. The maximum atomic E-state index is 13.7. The molecule has 0 bridgehead atoms. The molecule has 7 nitrogen and oxygen atoms in total. The van der Waals surface area contributed by atoms with Crippen LogP contribution in [0.15, 0.2) is 53.5 Å². The van der Waals surface area contributed by atoms with Crippen LogP contribution in [-0.2, 0) is 18.4 Å². The standard InChI is InChI=1S/C25H27N5O2/c1-4-8-19(13-23(31)27-16-26)30-21-11-6-5-10-20(21)29(25(30)32)15-18-14-28(3)22-12-7-9-17(2)24(18)22/h5-7,9-12,14,19H,4,8,13,15H2,1-3H3,(H,27,31)/t19-/m0/s1. The first kappa shape index (κ1) is 21.4. The van der Waals surface area contributed by atoms with Gasteiger partial charge in [-0.05, 0) is 42.7 Å². The molecule has 0 aliphatic carbocycles. The van der Waals surface area contributed by atoms with Crippen molar-refractivity contribution in [2.75, 3.05) is 0 Å². The van der Waals surface area contributed by atoms with Crippen LogP contribution in [0.3, 0.4) is 0 Å². The van der Waals surface area contributed by atoms with Gasteiger partial charge in [-0.2, -0.15) is 5.26 Å². The van der Waals surface area contributed by atoms with Crippen molar-refractivity contribution in [2.45, 2.75) is 45.7 Å². The number of nitrogens with zero attached hydrogens (tertiary/aromatic N) is 4. The van der Waals surface area contributed by atoms with Crippen LogP contribution in [0.1, 0.15) is 43.4 Å². The first-order valence-corrected chi connectivity index (χ1v) is 10.9. The number of amides is 1. The zero-order valence-corrected chi connectivity index (χ0v) is 18.6. The van der Waals surface area contributed by atoms with Gasteiger partial charge in [0.05, 0.1) is 17.6 Å². The fourth-order valence-electron chi connectivity index (χ4n) is 4.74. The fourth-order valence-corrected chi connectivity index (χ4v) is 4.74. The van der Waals surface area contributed by atoms with E-state index in [-0.39, 0.29) is 24.1 Å². The Morgan fingerprint density at radius 1 is 1.12 bits per heavy atom. The van der Waals surface area contributed by atoms with Gasteiger partial charge < -0.3 is 4.57 Å². The minimum Gasteiger partial charge on any atom is -0.350 e. The third kappa shape index (κ3) is 3.69. The van der Waals surface area contributed by atoms with Crippen LogP contribution >= 0.6 is 0 Å². The molecule has 1 N–H and O–H groups in total. The Kier molecular flexibility index (Phi) is 5.87. The Labute approximate surface area is 186 Å². The highest BCUT2D eigenvalue weighted by atomic mass is 16.2. The highest BCUT2D eigenvalue weighted by Gasteiger charge is 2.23. The number of carbonyl (C=O) groups excluding carboxylic acids is 1. The number of benzene rings is 2. The maximum absolute atomic E-state index is 13.7. The van der Waals surface area contributed by atoms with Gasteiger partial charge in [-0.25, -0.2) is 4.79 Å². The summed E-state index contributed by atoms with van der Waals surface area (Å²) in [6, 6.07) is 13.6. The zero-order chi connectivity index (χ0) is 22.8. The molecule has 2 aromatic carbocycles. The van der Waals surface area contributed by atoms with Crippen molar-refractivity contribution in [2.24, 2.45) is 7.05 Å². The van der Waals surface area contributed by atoms with Crippen LogP contribution < -0.4 is 11.0 Å². The monoisotopic (exact) mass is 429 g/mol.